The first-order valence-corrected chi connectivity index (χ1v) is 12.6. The minimum absolute atomic E-state index is 0.0594. The van der Waals surface area contributed by atoms with Gasteiger partial charge in [-0.15, -0.1) is 4.83 Å². The van der Waals surface area contributed by atoms with Crippen molar-refractivity contribution in [3.63, 3.8) is 0 Å². The lowest BCUT2D eigenvalue weighted by Gasteiger charge is -2.21. The van der Waals surface area contributed by atoms with Gasteiger partial charge in [-0.3, -0.25) is 14.9 Å². The Morgan fingerprint density at radius 1 is 1.28 bits per heavy atom. The molecule has 8 nitrogen and oxygen atoms in total. The minimum atomic E-state index is -3.75. The number of aryl methyl sites for hydroxylation is 1. The van der Waals surface area contributed by atoms with Crippen LogP contribution in [0.25, 0.3) is 11.3 Å². The van der Waals surface area contributed by atoms with E-state index in [1.54, 1.807) is 17.9 Å². The summed E-state index contributed by atoms with van der Waals surface area (Å²) in [6, 6.07) is 4.46. The van der Waals surface area contributed by atoms with E-state index in [2.05, 4.69) is 15.4 Å². The first-order valence-electron chi connectivity index (χ1n) is 10.5. The molecular formula is C21H28ClFN4O4S. The van der Waals surface area contributed by atoms with Crippen molar-refractivity contribution in [3.05, 3.63) is 40.3 Å². The average molecular weight is 487 g/mol. The Labute approximate surface area is 192 Å². The fourth-order valence-corrected chi connectivity index (χ4v) is 5.36. The number of benzene rings is 1. The largest absolute Gasteiger partial charge is 0.383 e. The van der Waals surface area contributed by atoms with Crippen molar-refractivity contribution < 1.29 is 22.3 Å². The summed E-state index contributed by atoms with van der Waals surface area (Å²) in [5.74, 6) is -1.89. The first kappa shape index (κ1) is 24.6. The second kappa shape index (κ2) is 10.7. The monoisotopic (exact) mass is 486 g/mol. The summed E-state index contributed by atoms with van der Waals surface area (Å²) in [6.07, 6.45) is 4.81. The van der Waals surface area contributed by atoms with Gasteiger partial charge in [-0.1, -0.05) is 30.9 Å². The fourth-order valence-electron chi connectivity index (χ4n) is 3.85. The molecule has 0 saturated heterocycles. The van der Waals surface area contributed by atoms with E-state index >= 15 is 0 Å². The van der Waals surface area contributed by atoms with Crippen LogP contribution in [0.5, 0.6) is 0 Å². The number of halogens is 2. The summed E-state index contributed by atoms with van der Waals surface area (Å²) < 4.78 is 46.0. The molecule has 2 N–H and O–H groups in total. The molecule has 1 heterocycles. The van der Waals surface area contributed by atoms with Gasteiger partial charge in [-0.25, -0.2) is 12.8 Å². The summed E-state index contributed by atoms with van der Waals surface area (Å²) in [6.45, 7) is 2.88. The molecule has 0 spiro atoms. The van der Waals surface area contributed by atoms with Crippen molar-refractivity contribution in [3.8, 4) is 11.3 Å². The molecule has 1 fully saturated rings. The highest BCUT2D eigenvalue weighted by atomic mass is 35.5. The van der Waals surface area contributed by atoms with Crippen LogP contribution >= 0.6 is 11.6 Å². The summed E-state index contributed by atoms with van der Waals surface area (Å²) in [7, 11) is -2.15. The molecule has 0 bridgehead atoms. The predicted molar refractivity (Wildman–Crippen MR) is 120 cm³/mol. The second-order valence-electron chi connectivity index (χ2n) is 8.05. The van der Waals surface area contributed by atoms with E-state index in [1.165, 1.54) is 12.1 Å². The van der Waals surface area contributed by atoms with Gasteiger partial charge >= 0.3 is 0 Å². The molecule has 11 heteroatoms. The number of carbonyl (C=O) groups excluding carboxylic acids is 1. The SMILES string of the molecule is COCCn1nc(-c2cc(Cl)c(F)c(C(=O)NNS(=O)(=O)CC3CCCCC3)c2)cc1C. The Morgan fingerprint density at radius 3 is 2.69 bits per heavy atom. The number of amides is 1. The van der Waals surface area contributed by atoms with Crippen LogP contribution in [-0.2, 0) is 21.3 Å². The molecule has 1 amide bonds. The van der Waals surface area contributed by atoms with Gasteiger partial charge in [0.15, 0.2) is 5.82 Å². The highest BCUT2D eigenvalue weighted by molar-refractivity contribution is 7.89. The fraction of sp³-hybridized carbons (Fsp3) is 0.524. The smallest absolute Gasteiger partial charge is 0.269 e. The van der Waals surface area contributed by atoms with Gasteiger partial charge in [0.2, 0.25) is 10.0 Å². The highest BCUT2D eigenvalue weighted by Crippen LogP contribution is 2.28. The number of rotatable bonds is 9. The molecule has 0 atom stereocenters. The van der Waals surface area contributed by atoms with E-state index in [9.17, 15) is 17.6 Å². The zero-order valence-electron chi connectivity index (χ0n) is 18.2. The second-order valence-corrected chi connectivity index (χ2v) is 10.2. The Hall–Kier alpha value is -2.01. The lowest BCUT2D eigenvalue weighted by molar-refractivity contribution is 0.0941. The Bertz CT molecular complexity index is 1070. The van der Waals surface area contributed by atoms with Gasteiger partial charge in [-0.2, -0.15) is 5.10 Å². The van der Waals surface area contributed by atoms with Crippen LogP contribution in [0.1, 0.15) is 48.2 Å². The Kier molecular flexibility index (Phi) is 8.26. The molecule has 176 valence electrons. The third kappa shape index (κ3) is 6.28. The van der Waals surface area contributed by atoms with Gasteiger partial charge in [-0.05, 0) is 43.9 Å². The number of methoxy groups -OCH3 is 1. The van der Waals surface area contributed by atoms with Crippen molar-refractivity contribution in [2.24, 2.45) is 5.92 Å². The van der Waals surface area contributed by atoms with Crippen molar-refractivity contribution in [1.29, 1.82) is 0 Å². The molecule has 0 radical (unpaired) electrons. The molecule has 32 heavy (non-hydrogen) atoms. The summed E-state index contributed by atoms with van der Waals surface area (Å²) in [5.41, 5.74) is 3.53. The van der Waals surface area contributed by atoms with E-state index in [1.807, 2.05) is 6.92 Å². The number of hydrogen-bond donors (Lipinski definition) is 2. The Morgan fingerprint density at radius 2 is 2.00 bits per heavy atom. The van der Waals surface area contributed by atoms with E-state index in [0.29, 0.717) is 24.4 Å². The van der Waals surface area contributed by atoms with Crippen LogP contribution in [0.4, 0.5) is 4.39 Å². The summed E-state index contributed by atoms with van der Waals surface area (Å²) >= 11 is 6.01. The van der Waals surface area contributed by atoms with Gasteiger partial charge < -0.3 is 4.74 Å². The number of sulfonamides is 1. The lowest BCUT2D eigenvalue weighted by atomic mass is 9.91. The normalized spacial score (nSPS) is 15.1. The highest BCUT2D eigenvalue weighted by Gasteiger charge is 2.23. The number of aromatic nitrogens is 2. The van der Waals surface area contributed by atoms with Crippen molar-refractivity contribution in [1.82, 2.24) is 20.0 Å². The molecule has 0 unspecified atom stereocenters. The zero-order valence-corrected chi connectivity index (χ0v) is 19.7. The van der Waals surface area contributed by atoms with E-state index in [-0.39, 0.29) is 22.3 Å². The third-order valence-corrected chi connectivity index (χ3v) is 7.16. The van der Waals surface area contributed by atoms with Crippen LogP contribution in [0.2, 0.25) is 5.02 Å². The lowest BCUT2D eigenvalue weighted by Crippen LogP contribution is -2.44. The maximum atomic E-state index is 14.6. The van der Waals surface area contributed by atoms with Crippen LogP contribution in [0.3, 0.4) is 0 Å². The summed E-state index contributed by atoms with van der Waals surface area (Å²) in [4.78, 5) is 14.7. The quantitative estimate of drug-likeness (QED) is 0.528. The molecular weight excluding hydrogens is 459 g/mol. The molecule has 2 aromatic rings. The molecule has 1 saturated carbocycles. The number of hydrogen-bond acceptors (Lipinski definition) is 5. The first-order chi connectivity index (χ1) is 15.2. The van der Waals surface area contributed by atoms with Gasteiger partial charge in [0.05, 0.1) is 35.2 Å². The molecule has 0 aliphatic heterocycles. The minimum Gasteiger partial charge on any atom is -0.383 e. The van der Waals surface area contributed by atoms with E-state index in [0.717, 1.165) is 37.8 Å². The maximum absolute atomic E-state index is 14.6. The number of nitrogens with zero attached hydrogens (tertiary/aromatic N) is 2. The molecule has 1 aromatic carbocycles. The van der Waals surface area contributed by atoms with Gasteiger partial charge in [0.25, 0.3) is 5.91 Å². The topological polar surface area (TPSA) is 102 Å². The molecule has 1 aliphatic carbocycles. The van der Waals surface area contributed by atoms with E-state index in [4.69, 9.17) is 16.3 Å². The number of nitrogens with one attached hydrogen (secondary N) is 2. The molecule has 3 rings (SSSR count). The number of carbonyl (C=O) groups is 1. The van der Waals surface area contributed by atoms with Crippen LogP contribution in [0.15, 0.2) is 18.2 Å². The van der Waals surface area contributed by atoms with Crippen LogP contribution < -0.4 is 10.3 Å². The number of hydrazine groups is 1. The van der Waals surface area contributed by atoms with Crippen LogP contribution in [-0.4, -0.2) is 43.6 Å². The third-order valence-electron chi connectivity index (χ3n) is 5.56. The average Bonchev–Trinajstić information content (AvgIpc) is 3.13. The Balaban J connectivity index is 1.74. The van der Waals surface area contributed by atoms with Gasteiger partial charge in [0.1, 0.15) is 0 Å². The standard InChI is InChI=1S/C21H28ClFN4O4S/c1-14-10-19(25-27(14)8-9-31-2)16-11-17(20(23)18(22)12-16)21(28)24-26-32(29,30)13-15-6-4-3-5-7-15/h10-12,15,26H,3-9,13H2,1-2H3,(H,24,28). The maximum Gasteiger partial charge on any atom is 0.269 e. The zero-order chi connectivity index (χ0) is 23.3. The van der Waals surface area contributed by atoms with Crippen molar-refractivity contribution in [2.45, 2.75) is 45.6 Å². The van der Waals surface area contributed by atoms with E-state index < -0.39 is 21.7 Å². The predicted octanol–water partition coefficient (Wildman–Crippen LogP) is 3.44. The molecule has 1 aliphatic rings. The van der Waals surface area contributed by atoms with Crippen molar-refractivity contribution >= 4 is 27.5 Å². The van der Waals surface area contributed by atoms with Crippen LogP contribution in [0, 0.1) is 18.7 Å². The number of ether oxygens (including phenoxy) is 1. The van der Waals surface area contributed by atoms with Crippen molar-refractivity contribution in [2.75, 3.05) is 19.5 Å². The van der Waals surface area contributed by atoms with Gasteiger partial charge in [0, 0.05) is 18.4 Å². The summed E-state index contributed by atoms with van der Waals surface area (Å²) in [5, 5.41) is 4.19. The molecule has 1 aromatic heterocycles.